The number of nitrogens with one attached hydrogen (secondary N) is 1. The Kier molecular flexibility index (Phi) is 8.29. The molecule has 4 nitrogen and oxygen atoms in total. The molecule has 0 aliphatic carbocycles. The van der Waals surface area contributed by atoms with E-state index in [1.807, 2.05) is 30.3 Å². The van der Waals surface area contributed by atoms with Crippen LogP contribution in [0.15, 0.2) is 84.9 Å². The summed E-state index contributed by atoms with van der Waals surface area (Å²) in [6.07, 6.45) is 6.76. The van der Waals surface area contributed by atoms with Crippen LogP contribution < -0.4 is 5.32 Å². The van der Waals surface area contributed by atoms with Crippen molar-refractivity contribution in [2.24, 2.45) is 0 Å². The van der Waals surface area contributed by atoms with Gasteiger partial charge in [0.2, 0.25) is 5.91 Å². The van der Waals surface area contributed by atoms with Gasteiger partial charge in [0.25, 0.3) is 0 Å². The maximum atomic E-state index is 12.1. The highest BCUT2D eigenvalue weighted by molar-refractivity contribution is 5.78. The van der Waals surface area contributed by atoms with Crippen LogP contribution in [0.2, 0.25) is 0 Å². The highest BCUT2D eigenvalue weighted by atomic mass is 16.1. The van der Waals surface area contributed by atoms with Gasteiger partial charge in [0, 0.05) is 19.5 Å². The number of aromatic nitrogens is 2. The number of hydrogen-bond acceptors (Lipinski definition) is 2. The van der Waals surface area contributed by atoms with Gasteiger partial charge in [-0.2, -0.15) is 0 Å². The summed E-state index contributed by atoms with van der Waals surface area (Å²) < 4.78 is 2.40. The number of hydrogen-bond donors (Lipinski definition) is 1. The molecule has 0 bridgehead atoms. The third-order valence-electron chi connectivity index (χ3n) is 6.03. The molecule has 170 valence electrons. The number of carbonyl (C=O) groups excluding carboxylic acids is 1. The normalized spacial score (nSPS) is 11.0. The van der Waals surface area contributed by atoms with Gasteiger partial charge in [-0.25, -0.2) is 4.98 Å². The average Bonchev–Trinajstić information content (AvgIpc) is 3.20. The fraction of sp³-hybridized carbons (Fsp3) is 0.310. The summed E-state index contributed by atoms with van der Waals surface area (Å²) in [5, 5.41) is 3.05. The summed E-state index contributed by atoms with van der Waals surface area (Å²) in [7, 11) is 0. The second kappa shape index (κ2) is 12.0. The lowest BCUT2D eigenvalue weighted by Gasteiger charge is -2.10. The molecular formula is C29H33N3O. The largest absolute Gasteiger partial charge is 0.356 e. The Balaban J connectivity index is 1.23. The third kappa shape index (κ3) is 6.79. The first-order valence-corrected chi connectivity index (χ1v) is 12.1. The number of nitrogens with zero attached hydrogens (tertiary/aromatic N) is 2. The van der Waals surface area contributed by atoms with Crippen LogP contribution in [0.3, 0.4) is 0 Å². The minimum Gasteiger partial charge on any atom is -0.356 e. The zero-order valence-corrected chi connectivity index (χ0v) is 19.2. The lowest BCUT2D eigenvalue weighted by atomic mass is 10.1. The van der Waals surface area contributed by atoms with Crippen LogP contribution >= 0.6 is 0 Å². The minimum absolute atomic E-state index is 0.0985. The van der Waals surface area contributed by atoms with Crippen LogP contribution in [-0.4, -0.2) is 22.0 Å². The smallest absolute Gasteiger partial charge is 0.224 e. The molecule has 0 aliphatic heterocycles. The number of para-hydroxylation sites is 2. The second-order valence-corrected chi connectivity index (χ2v) is 8.58. The molecule has 1 aromatic heterocycles. The van der Waals surface area contributed by atoms with E-state index in [-0.39, 0.29) is 5.91 Å². The first kappa shape index (κ1) is 22.8. The molecule has 0 unspecified atom stereocenters. The van der Waals surface area contributed by atoms with Gasteiger partial charge in [0.05, 0.1) is 17.5 Å². The number of unbranched alkanes of at least 4 members (excludes halogenated alkanes) is 2. The monoisotopic (exact) mass is 439 g/mol. The molecule has 4 heteroatoms. The van der Waals surface area contributed by atoms with Crippen molar-refractivity contribution in [1.29, 1.82) is 0 Å². The predicted octanol–water partition coefficient (Wildman–Crippen LogP) is 5.74. The molecule has 0 radical (unpaired) electrons. The zero-order chi connectivity index (χ0) is 22.7. The molecule has 0 atom stereocenters. The highest BCUT2D eigenvalue weighted by Crippen LogP contribution is 2.19. The van der Waals surface area contributed by atoms with Crippen molar-refractivity contribution >= 4 is 16.9 Å². The van der Waals surface area contributed by atoms with Crippen LogP contribution in [0, 0.1) is 0 Å². The standard InChI is InChI=1S/C29H33N3O/c33-29(23-25-15-6-2-7-16-25)30-21-11-3-8-20-28-31-26-18-9-10-19-27(26)32(28)22-12-17-24-13-4-1-5-14-24/h1-2,4-7,9-10,13-16,18-19H,3,8,11-12,17,20-23H2,(H,30,33). The Morgan fingerprint density at radius 1 is 0.727 bits per heavy atom. The van der Waals surface area contributed by atoms with E-state index in [0.29, 0.717) is 6.42 Å². The van der Waals surface area contributed by atoms with E-state index in [2.05, 4.69) is 64.5 Å². The summed E-state index contributed by atoms with van der Waals surface area (Å²) >= 11 is 0. The molecule has 1 heterocycles. The van der Waals surface area contributed by atoms with E-state index in [1.54, 1.807) is 0 Å². The van der Waals surface area contributed by atoms with Gasteiger partial charge >= 0.3 is 0 Å². The van der Waals surface area contributed by atoms with Crippen LogP contribution in [0.5, 0.6) is 0 Å². The SMILES string of the molecule is O=C(Cc1ccccc1)NCCCCCc1nc2ccccc2n1CCCc1ccccc1. The van der Waals surface area contributed by atoms with Gasteiger partial charge in [0.15, 0.2) is 0 Å². The molecule has 33 heavy (non-hydrogen) atoms. The predicted molar refractivity (Wildman–Crippen MR) is 135 cm³/mol. The van der Waals surface area contributed by atoms with E-state index < -0.39 is 0 Å². The maximum Gasteiger partial charge on any atom is 0.224 e. The number of rotatable bonds is 12. The summed E-state index contributed by atoms with van der Waals surface area (Å²) in [4.78, 5) is 17.0. The van der Waals surface area contributed by atoms with E-state index >= 15 is 0 Å². The molecule has 1 amide bonds. The number of amides is 1. The van der Waals surface area contributed by atoms with E-state index in [1.165, 1.54) is 16.9 Å². The number of benzene rings is 3. The second-order valence-electron chi connectivity index (χ2n) is 8.58. The Labute approximate surface area is 196 Å². The summed E-state index contributed by atoms with van der Waals surface area (Å²) in [5.41, 5.74) is 4.76. The average molecular weight is 440 g/mol. The topological polar surface area (TPSA) is 46.9 Å². The lowest BCUT2D eigenvalue weighted by Crippen LogP contribution is -2.26. The minimum atomic E-state index is 0.0985. The van der Waals surface area contributed by atoms with Crippen LogP contribution in [-0.2, 0) is 30.6 Å². The van der Waals surface area contributed by atoms with Gasteiger partial charge in [-0.15, -0.1) is 0 Å². The van der Waals surface area contributed by atoms with Crippen LogP contribution in [0.1, 0.15) is 42.6 Å². The van der Waals surface area contributed by atoms with E-state index in [4.69, 9.17) is 4.98 Å². The van der Waals surface area contributed by atoms with E-state index in [9.17, 15) is 4.79 Å². The molecule has 0 fully saturated rings. The fourth-order valence-corrected chi connectivity index (χ4v) is 4.31. The van der Waals surface area contributed by atoms with Gasteiger partial charge in [0.1, 0.15) is 5.82 Å². The molecule has 0 saturated heterocycles. The lowest BCUT2D eigenvalue weighted by molar-refractivity contribution is -0.120. The summed E-state index contributed by atoms with van der Waals surface area (Å²) in [6.45, 7) is 1.72. The summed E-state index contributed by atoms with van der Waals surface area (Å²) in [6, 6.07) is 29.0. The Hall–Kier alpha value is -3.40. The van der Waals surface area contributed by atoms with Crippen molar-refractivity contribution in [2.75, 3.05) is 6.54 Å². The molecule has 0 saturated carbocycles. The molecule has 4 rings (SSSR count). The van der Waals surface area contributed by atoms with Gasteiger partial charge in [-0.05, 0) is 48.9 Å². The highest BCUT2D eigenvalue weighted by Gasteiger charge is 2.10. The Morgan fingerprint density at radius 2 is 1.42 bits per heavy atom. The van der Waals surface area contributed by atoms with Crippen molar-refractivity contribution in [3.05, 3.63) is 102 Å². The van der Waals surface area contributed by atoms with Gasteiger partial charge < -0.3 is 9.88 Å². The molecule has 3 aromatic carbocycles. The molecule has 0 aliphatic rings. The van der Waals surface area contributed by atoms with Crippen LogP contribution in [0.4, 0.5) is 0 Å². The number of fused-ring (bicyclic) bond motifs is 1. The van der Waals surface area contributed by atoms with Crippen molar-refractivity contribution in [2.45, 2.75) is 51.5 Å². The molecular weight excluding hydrogens is 406 g/mol. The van der Waals surface area contributed by atoms with Crippen molar-refractivity contribution in [3.8, 4) is 0 Å². The Morgan fingerprint density at radius 3 is 2.21 bits per heavy atom. The van der Waals surface area contributed by atoms with Crippen molar-refractivity contribution in [1.82, 2.24) is 14.9 Å². The number of carbonyl (C=O) groups is 1. The number of imidazole rings is 1. The first-order chi connectivity index (χ1) is 16.3. The van der Waals surface area contributed by atoms with E-state index in [0.717, 1.165) is 62.7 Å². The van der Waals surface area contributed by atoms with Crippen molar-refractivity contribution in [3.63, 3.8) is 0 Å². The quantitative estimate of drug-likeness (QED) is 0.286. The molecule has 4 aromatic rings. The molecule has 1 N–H and O–H groups in total. The maximum absolute atomic E-state index is 12.1. The summed E-state index contributed by atoms with van der Waals surface area (Å²) in [5.74, 6) is 1.28. The van der Waals surface area contributed by atoms with Gasteiger partial charge in [-0.1, -0.05) is 79.2 Å². The van der Waals surface area contributed by atoms with Crippen molar-refractivity contribution < 1.29 is 4.79 Å². The zero-order valence-electron chi connectivity index (χ0n) is 19.2. The number of aryl methyl sites for hydroxylation is 3. The third-order valence-corrected chi connectivity index (χ3v) is 6.03. The van der Waals surface area contributed by atoms with Crippen LogP contribution in [0.25, 0.3) is 11.0 Å². The van der Waals surface area contributed by atoms with Gasteiger partial charge in [-0.3, -0.25) is 4.79 Å². The molecule has 0 spiro atoms. The first-order valence-electron chi connectivity index (χ1n) is 12.1. The fourth-order valence-electron chi connectivity index (χ4n) is 4.31. The Bertz CT molecular complexity index is 1140.